The van der Waals surface area contributed by atoms with E-state index >= 15 is 0 Å². The Hall–Kier alpha value is -1.42. The maximum absolute atomic E-state index is 11.8. The van der Waals surface area contributed by atoms with Crippen LogP contribution in [0.2, 0.25) is 0 Å². The molecule has 0 spiro atoms. The first-order chi connectivity index (χ1) is 7.24. The standard InChI is InChI=1S/C11H10O3S/c1-2-15-6-9-11(13)10-7(12)4-3-5-8(10)14-9/h3-6,12H,2H2,1H3. The van der Waals surface area contributed by atoms with Gasteiger partial charge in [0.1, 0.15) is 17.1 Å². The fourth-order valence-corrected chi connectivity index (χ4v) is 1.83. The lowest BCUT2D eigenvalue weighted by Crippen LogP contribution is -1.97. The molecule has 1 heterocycles. The highest BCUT2D eigenvalue weighted by Crippen LogP contribution is 2.37. The number of hydrogen-bond acceptors (Lipinski definition) is 4. The molecular formula is C11H10O3S. The van der Waals surface area contributed by atoms with E-state index in [9.17, 15) is 9.90 Å². The number of allylic oxidation sites excluding steroid dienone is 1. The number of Topliss-reactive ketones (excluding diaryl/α,β-unsaturated/α-hetero) is 1. The number of hydrogen-bond donors (Lipinski definition) is 1. The first-order valence-corrected chi connectivity index (χ1v) is 5.65. The van der Waals surface area contributed by atoms with Gasteiger partial charge in [-0.2, -0.15) is 0 Å². The Morgan fingerprint density at radius 2 is 2.33 bits per heavy atom. The summed E-state index contributed by atoms with van der Waals surface area (Å²) in [5, 5.41) is 11.2. The number of phenols is 1. The van der Waals surface area contributed by atoms with E-state index in [1.54, 1.807) is 17.5 Å². The number of ketones is 1. The molecule has 0 unspecified atom stereocenters. The Kier molecular flexibility index (Phi) is 2.68. The van der Waals surface area contributed by atoms with Crippen molar-refractivity contribution in [3.63, 3.8) is 0 Å². The lowest BCUT2D eigenvalue weighted by atomic mass is 10.1. The Morgan fingerprint density at radius 3 is 3.00 bits per heavy atom. The smallest absolute Gasteiger partial charge is 0.236 e. The zero-order valence-electron chi connectivity index (χ0n) is 8.19. The summed E-state index contributed by atoms with van der Waals surface area (Å²) in [6.45, 7) is 1.99. The molecular weight excluding hydrogens is 212 g/mol. The zero-order chi connectivity index (χ0) is 10.8. The first-order valence-electron chi connectivity index (χ1n) is 4.60. The number of fused-ring (bicyclic) bond motifs is 1. The van der Waals surface area contributed by atoms with Gasteiger partial charge in [-0.25, -0.2) is 0 Å². The monoisotopic (exact) mass is 222 g/mol. The summed E-state index contributed by atoms with van der Waals surface area (Å²) < 4.78 is 5.33. The van der Waals surface area contributed by atoms with Gasteiger partial charge < -0.3 is 9.84 Å². The van der Waals surface area contributed by atoms with Crippen molar-refractivity contribution in [3.05, 3.63) is 34.9 Å². The van der Waals surface area contributed by atoms with Gasteiger partial charge in [0.2, 0.25) is 5.78 Å². The maximum Gasteiger partial charge on any atom is 0.236 e. The maximum atomic E-state index is 11.8. The molecule has 15 heavy (non-hydrogen) atoms. The molecule has 0 radical (unpaired) electrons. The van der Waals surface area contributed by atoms with Crippen LogP contribution in [0, 0.1) is 0 Å². The van der Waals surface area contributed by atoms with Gasteiger partial charge >= 0.3 is 0 Å². The van der Waals surface area contributed by atoms with Crippen LogP contribution in [-0.4, -0.2) is 16.6 Å². The molecule has 0 fully saturated rings. The van der Waals surface area contributed by atoms with Crippen LogP contribution in [0.4, 0.5) is 0 Å². The molecule has 1 N–H and O–H groups in total. The quantitative estimate of drug-likeness (QED) is 0.781. The minimum Gasteiger partial charge on any atom is -0.507 e. The molecule has 1 aliphatic rings. The fraction of sp³-hybridized carbons (Fsp3) is 0.182. The minimum absolute atomic E-state index is 0.0256. The molecule has 1 aliphatic heterocycles. The van der Waals surface area contributed by atoms with Crippen LogP contribution in [-0.2, 0) is 0 Å². The fourth-order valence-electron chi connectivity index (χ4n) is 1.36. The highest BCUT2D eigenvalue weighted by Gasteiger charge is 2.29. The number of rotatable bonds is 2. The van der Waals surface area contributed by atoms with Gasteiger partial charge in [-0.3, -0.25) is 4.79 Å². The van der Waals surface area contributed by atoms with Gasteiger partial charge in [0, 0.05) is 5.41 Å². The van der Waals surface area contributed by atoms with Crippen LogP contribution in [0.1, 0.15) is 17.3 Å². The van der Waals surface area contributed by atoms with Gasteiger partial charge in [-0.15, -0.1) is 11.8 Å². The summed E-state index contributed by atoms with van der Waals surface area (Å²) in [5.74, 6) is 1.33. The first kappa shape index (κ1) is 10.1. The van der Waals surface area contributed by atoms with E-state index in [1.165, 1.54) is 17.8 Å². The Bertz CT molecular complexity index is 437. The number of aromatic hydroxyl groups is 1. The topological polar surface area (TPSA) is 46.5 Å². The van der Waals surface area contributed by atoms with Gasteiger partial charge in [-0.1, -0.05) is 13.0 Å². The molecule has 1 aromatic rings. The van der Waals surface area contributed by atoms with Crippen molar-refractivity contribution in [1.82, 2.24) is 0 Å². The van der Waals surface area contributed by atoms with Gasteiger partial charge in [0.25, 0.3) is 0 Å². The van der Waals surface area contributed by atoms with Crippen molar-refractivity contribution in [2.75, 3.05) is 5.75 Å². The Morgan fingerprint density at radius 1 is 1.53 bits per heavy atom. The van der Waals surface area contributed by atoms with Gasteiger partial charge in [0.05, 0.1) is 0 Å². The lowest BCUT2D eigenvalue weighted by molar-refractivity contribution is 0.101. The number of ether oxygens (including phenoxy) is 1. The third-order valence-corrected chi connectivity index (χ3v) is 2.75. The highest BCUT2D eigenvalue weighted by atomic mass is 32.2. The normalized spacial score (nSPS) is 16.6. The summed E-state index contributed by atoms with van der Waals surface area (Å²) in [6.07, 6.45) is 0. The molecule has 0 bridgehead atoms. The van der Waals surface area contributed by atoms with Gasteiger partial charge in [0.15, 0.2) is 5.76 Å². The predicted octanol–water partition coefficient (Wildman–Crippen LogP) is 2.56. The van der Waals surface area contributed by atoms with E-state index in [4.69, 9.17) is 4.74 Å². The average Bonchev–Trinajstić information content (AvgIpc) is 2.54. The van der Waals surface area contributed by atoms with Crippen LogP contribution >= 0.6 is 11.8 Å². The number of thioether (sulfide) groups is 1. The molecule has 1 aromatic carbocycles. The largest absolute Gasteiger partial charge is 0.507 e. The minimum atomic E-state index is -0.246. The van der Waals surface area contributed by atoms with Crippen LogP contribution in [0.15, 0.2) is 29.4 Å². The molecule has 0 aromatic heterocycles. The highest BCUT2D eigenvalue weighted by molar-refractivity contribution is 8.02. The van der Waals surface area contributed by atoms with Crippen LogP contribution in [0.3, 0.4) is 0 Å². The number of carbonyl (C=O) groups excluding carboxylic acids is 1. The number of benzene rings is 1. The van der Waals surface area contributed by atoms with E-state index in [0.717, 1.165) is 5.75 Å². The zero-order valence-corrected chi connectivity index (χ0v) is 9.00. The number of phenolic OH excluding ortho intramolecular Hbond substituents is 1. The molecule has 0 saturated heterocycles. The molecule has 0 amide bonds. The summed E-state index contributed by atoms with van der Waals surface area (Å²) in [4.78, 5) is 11.8. The summed E-state index contributed by atoms with van der Waals surface area (Å²) >= 11 is 1.50. The Labute approximate surface area is 91.8 Å². The van der Waals surface area contributed by atoms with Crippen molar-refractivity contribution in [2.24, 2.45) is 0 Å². The average molecular weight is 222 g/mol. The van der Waals surface area contributed by atoms with E-state index in [2.05, 4.69) is 0 Å². The van der Waals surface area contributed by atoms with Crippen LogP contribution in [0.5, 0.6) is 11.5 Å². The SMILES string of the molecule is CCSC=C1Oc2cccc(O)c2C1=O. The molecule has 2 rings (SSSR count). The summed E-state index contributed by atoms with van der Waals surface area (Å²) in [7, 11) is 0. The summed E-state index contributed by atoms with van der Waals surface area (Å²) in [5.41, 5.74) is 0.264. The number of carbonyl (C=O) groups is 1. The second-order valence-corrected chi connectivity index (χ2v) is 4.17. The van der Waals surface area contributed by atoms with Crippen LogP contribution in [0.25, 0.3) is 0 Å². The third kappa shape index (κ3) is 1.72. The molecule has 78 valence electrons. The van der Waals surface area contributed by atoms with Crippen LogP contribution < -0.4 is 4.74 Å². The van der Waals surface area contributed by atoms with E-state index in [1.807, 2.05) is 6.92 Å². The van der Waals surface area contributed by atoms with Gasteiger partial charge in [-0.05, 0) is 17.9 Å². The molecule has 0 atom stereocenters. The molecule has 3 nitrogen and oxygen atoms in total. The predicted molar refractivity (Wildman–Crippen MR) is 59.3 cm³/mol. The second-order valence-electron chi connectivity index (χ2n) is 3.02. The van der Waals surface area contributed by atoms with E-state index < -0.39 is 0 Å². The van der Waals surface area contributed by atoms with Crippen molar-refractivity contribution in [2.45, 2.75) is 6.92 Å². The molecule has 0 saturated carbocycles. The van der Waals surface area contributed by atoms with Crippen molar-refractivity contribution in [1.29, 1.82) is 0 Å². The van der Waals surface area contributed by atoms with Crippen molar-refractivity contribution in [3.8, 4) is 11.5 Å². The van der Waals surface area contributed by atoms with E-state index in [0.29, 0.717) is 11.5 Å². The lowest BCUT2D eigenvalue weighted by Gasteiger charge is -1.96. The van der Waals surface area contributed by atoms with E-state index in [-0.39, 0.29) is 17.1 Å². The Balaban J connectivity index is 2.38. The van der Waals surface area contributed by atoms with Crippen molar-refractivity contribution < 1.29 is 14.6 Å². The molecule has 0 aliphatic carbocycles. The summed E-state index contributed by atoms with van der Waals surface area (Å²) in [6, 6.07) is 4.80. The second kappa shape index (κ2) is 3.98. The molecule has 4 heteroatoms. The third-order valence-electron chi connectivity index (χ3n) is 2.03. The van der Waals surface area contributed by atoms with Crippen molar-refractivity contribution >= 4 is 17.5 Å².